The molecule has 0 bridgehead atoms. The summed E-state index contributed by atoms with van der Waals surface area (Å²) in [6.07, 6.45) is 1.60. The highest BCUT2D eigenvalue weighted by atomic mass is 16.5. The van der Waals surface area contributed by atoms with E-state index in [4.69, 9.17) is 18.6 Å². The number of ether oxygens (including phenoxy) is 3. The molecule has 0 unspecified atom stereocenters. The third-order valence-corrected chi connectivity index (χ3v) is 4.62. The summed E-state index contributed by atoms with van der Waals surface area (Å²) in [5.74, 6) is 1.86. The van der Waals surface area contributed by atoms with Crippen LogP contribution >= 0.6 is 0 Å². The number of benzene rings is 2. The summed E-state index contributed by atoms with van der Waals surface area (Å²) in [6.45, 7) is 2.82. The Bertz CT molecular complexity index is 923. The summed E-state index contributed by atoms with van der Waals surface area (Å²) in [5, 5.41) is 0. The van der Waals surface area contributed by atoms with Gasteiger partial charge in [0, 0.05) is 12.1 Å². The van der Waals surface area contributed by atoms with E-state index in [0.29, 0.717) is 41.7 Å². The van der Waals surface area contributed by atoms with Crippen molar-refractivity contribution in [1.82, 2.24) is 4.90 Å². The SMILES string of the molecule is COc1cc(C(=O)N(Cc2ccc(C)cc2)Cc2ccco2)cc(OC)c1OC. The van der Waals surface area contributed by atoms with Gasteiger partial charge in [0.25, 0.3) is 5.91 Å². The van der Waals surface area contributed by atoms with E-state index in [-0.39, 0.29) is 5.91 Å². The summed E-state index contributed by atoms with van der Waals surface area (Å²) < 4.78 is 21.6. The summed E-state index contributed by atoms with van der Waals surface area (Å²) in [7, 11) is 4.58. The monoisotopic (exact) mass is 395 g/mol. The van der Waals surface area contributed by atoms with Crippen molar-refractivity contribution in [3.63, 3.8) is 0 Å². The van der Waals surface area contributed by atoms with E-state index >= 15 is 0 Å². The van der Waals surface area contributed by atoms with Crippen LogP contribution < -0.4 is 14.2 Å². The van der Waals surface area contributed by atoms with Crippen molar-refractivity contribution in [2.75, 3.05) is 21.3 Å². The predicted molar refractivity (Wildman–Crippen MR) is 110 cm³/mol. The van der Waals surface area contributed by atoms with Gasteiger partial charge in [0.2, 0.25) is 5.75 Å². The van der Waals surface area contributed by atoms with Crippen LogP contribution in [0, 0.1) is 6.92 Å². The number of hydrogen-bond acceptors (Lipinski definition) is 5. The smallest absolute Gasteiger partial charge is 0.254 e. The molecule has 0 aliphatic rings. The Hall–Kier alpha value is -3.41. The van der Waals surface area contributed by atoms with E-state index in [1.54, 1.807) is 23.3 Å². The van der Waals surface area contributed by atoms with E-state index in [1.165, 1.54) is 26.9 Å². The van der Waals surface area contributed by atoms with Gasteiger partial charge in [0.15, 0.2) is 11.5 Å². The van der Waals surface area contributed by atoms with Crippen LogP contribution in [0.1, 0.15) is 27.2 Å². The lowest BCUT2D eigenvalue weighted by atomic mass is 10.1. The van der Waals surface area contributed by atoms with Gasteiger partial charge < -0.3 is 23.5 Å². The quantitative estimate of drug-likeness (QED) is 0.564. The number of amides is 1. The van der Waals surface area contributed by atoms with Gasteiger partial charge in [-0.25, -0.2) is 0 Å². The van der Waals surface area contributed by atoms with Gasteiger partial charge in [-0.05, 0) is 36.8 Å². The van der Waals surface area contributed by atoms with Gasteiger partial charge in [-0.1, -0.05) is 29.8 Å². The number of furan rings is 1. The third-order valence-electron chi connectivity index (χ3n) is 4.62. The van der Waals surface area contributed by atoms with E-state index < -0.39 is 0 Å². The number of hydrogen-bond donors (Lipinski definition) is 0. The zero-order chi connectivity index (χ0) is 20.8. The molecule has 3 rings (SSSR count). The van der Waals surface area contributed by atoms with Crippen molar-refractivity contribution in [2.45, 2.75) is 20.0 Å². The Morgan fingerprint density at radius 2 is 1.59 bits per heavy atom. The standard InChI is InChI=1S/C23H25NO5/c1-16-7-9-17(10-8-16)14-24(15-19-6-5-11-29-19)23(25)18-12-20(26-2)22(28-4)21(13-18)27-3/h5-13H,14-15H2,1-4H3. The molecule has 0 saturated heterocycles. The molecule has 6 heteroatoms. The number of carbonyl (C=O) groups excluding carboxylic acids is 1. The lowest BCUT2D eigenvalue weighted by Crippen LogP contribution is -2.30. The highest BCUT2D eigenvalue weighted by molar-refractivity contribution is 5.95. The highest BCUT2D eigenvalue weighted by Gasteiger charge is 2.22. The fourth-order valence-corrected chi connectivity index (χ4v) is 3.09. The minimum atomic E-state index is -0.166. The van der Waals surface area contributed by atoms with Gasteiger partial charge in [-0.15, -0.1) is 0 Å². The van der Waals surface area contributed by atoms with Gasteiger partial charge >= 0.3 is 0 Å². The second kappa shape index (κ2) is 9.19. The van der Waals surface area contributed by atoms with Crippen molar-refractivity contribution in [1.29, 1.82) is 0 Å². The fourth-order valence-electron chi connectivity index (χ4n) is 3.09. The Labute approximate surface area is 170 Å². The molecular weight excluding hydrogens is 370 g/mol. The van der Waals surface area contributed by atoms with Gasteiger partial charge in [0.05, 0.1) is 34.1 Å². The summed E-state index contributed by atoms with van der Waals surface area (Å²) in [6, 6.07) is 15.1. The molecule has 2 aromatic carbocycles. The largest absolute Gasteiger partial charge is 0.493 e. The van der Waals surface area contributed by atoms with Crippen LogP contribution in [-0.4, -0.2) is 32.1 Å². The molecule has 0 fully saturated rings. The maximum Gasteiger partial charge on any atom is 0.254 e. The molecule has 152 valence electrons. The van der Waals surface area contributed by atoms with E-state index in [1.807, 2.05) is 43.3 Å². The van der Waals surface area contributed by atoms with Crippen LogP contribution in [0.2, 0.25) is 0 Å². The summed E-state index contributed by atoms with van der Waals surface area (Å²) >= 11 is 0. The molecule has 1 heterocycles. The maximum atomic E-state index is 13.4. The molecule has 1 aromatic heterocycles. The number of methoxy groups -OCH3 is 3. The van der Waals surface area contributed by atoms with Crippen LogP contribution in [0.5, 0.6) is 17.2 Å². The minimum Gasteiger partial charge on any atom is -0.493 e. The van der Waals surface area contributed by atoms with Gasteiger partial charge in [-0.3, -0.25) is 4.79 Å². The molecule has 0 saturated carbocycles. The molecule has 1 amide bonds. The third kappa shape index (κ3) is 4.71. The topological polar surface area (TPSA) is 61.1 Å². The van der Waals surface area contributed by atoms with E-state index in [0.717, 1.165) is 5.56 Å². The Morgan fingerprint density at radius 3 is 2.10 bits per heavy atom. The number of nitrogens with zero attached hydrogens (tertiary/aromatic N) is 1. The minimum absolute atomic E-state index is 0.166. The van der Waals surface area contributed by atoms with E-state index in [9.17, 15) is 4.79 Å². The predicted octanol–water partition coefficient (Wildman–Crippen LogP) is 4.46. The number of carbonyl (C=O) groups is 1. The normalized spacial score (nSPS) is 10.5. The molecule has 0 atom stereocenters. The molecule has 3 aromatic rings. The highest BCUT2D eigenvalue weighted by Crippen LogP contribution is 2.38. The van der Waals surface area contributed by atoms with Crippen molar-refractivity contribution >= 4 is 5.91 Å². The zero-order valence-electron chi connectivity index (χ0n) is 17.1. The van der Waals surface area contributed by atoms with Crippen molar-refractivity contribution in [3.05, 3.63) is 77.2 Å². The van der Waals surface area contributed by atoms with Gasteiger partial charge in [0.1, 0.15) is 5.76 Å². The lowest BCUT2D eigenvalue weighted by Gasteiger charge is -2.23. The van der Waals surface area contributed by atoms with Crippen molar-refractivity contribution in [3.8, 4) is 17.2 Å². The Balaban J connectivity index is 1.96. The Morgan fingerprint density at radius 1 is 0.931 bits per heavy atom. The van der Waals surface area contributed by atoms with Crippen LogP contribution in [0.4, 0.5) is 0 Å². The molecule has 0 spiro atoms. The first-order valence-electron chi connectivity index (χ1n) is 9.23. The average molecular weight is 395 g/mol. The first-order valence-corrected chi connectivity index (χ1v) is 9.23. The van der Waals surface area contributed by atoms with E-state index in [2.05, 4.69) is 0 Å². The molecule has 0 radical (unpaired) electrons. The van der Waals surface area contributed by atoms with Crippen LogP contribution in [0.25, 0.3) is 0 Å². The first kappa shape index (κ1) is 20.3. The first-order chi connectivity index (χ1) is 14.0. The van der Waals surface area contributed by atoms with Crippen LogP contribution in [0.15, 0.2) is 59.2 Å². The molecule has 0 N–H and O–H groups in total. The fraction of sp³-hybridized carbons (Fsp3) is 0.261. The molecular formula is C23H25NO5. The molecule has 29 heavy (non-hydrogen) atoms. The lowest BCUT2D eigenvalue weighted by molar-refractivity contribution is 0.0717. The number of aryl methyl sites for hydroxylation is 1. The second-order valence-corrected chi connectivity index (χ2v) is 6.64. The van der Waals surface area contributed by atoms with Crippen molar-refractivity contribution < 1.29 is 23.4 Å². The second-order valence-electron chi connectivity index (χ2n) is 6.64. The molecule has 6 nitrogen and oxygen atoms in total. The summed E-state index contributed by atoms with van der Waals surface area (Å²) in [5.41, 5.74) is 2.64. The molecule has 0 aliphatic carbocycles. The number of rotatable bonds is 8. The average Bonchev–Trinajstić information content (AvgIpc) is 3.26. The van der Waals surface area contributed by atoms with Gasteiger partial charge in [-0.2, -0.15) is 0 Å². The summed E-state index contributed by atoms with van der Waals surface area (Å²) in [4.78, 5) is 15.1. The van der Waals surface area contributed by atoms with Crippen LogP contribution in [0.3, 0.4) is 0 Å². The Kier molecular flexibility index (Phi) is 6.44. The van der Waals surface area contributed by atoms with Crippen molar-refractivity contribution in [2.24, 2.45) is 0 Å². The zero-order valence-corrected chi connectivity index (χ0v) is 17.1. The molecule has 0 aliphatic heterocycles. The maximum absolute atomic E-state index is 13.4. The van der Waals surface area contributed by atoms with Crippen LogP contribution in [-0.2, 0) is 13.1 Å².